The lowest BCUT2D eigenvalue weighted by atomic mass is 10.0. The third-order valence-corrected chi connectivity index (χ3v) is 5.88. The number of benzene rings is 2. The first-order valence-corrected chi connectivity index (χ1v) is 10.8. The van der Waals surface area contributed by atoms with Gasteiger partial charge in [0.05, 0.1) is 24.8 Å². The molecule has 0 saturated carbocycles. The number of rotatable bonds is 8. The number of halogens is 3. The molecule has 0 aromatic heterocycles. The van der Waals surface area contributed by atoms with Gasteiger partial charge in [-0.25, -0.2) is 0 Å². The fourth-order valence-corrected chi connectivity index (χ4v) is 3.96. The predicted octanol–water partition coefficient (Wildman–Crippen LogP) is 3.89. The maximum atomic E-state index is 13.2. The summed E-state index contributed by atoms with van der Waals surface area (Å²) in [5.74, 6) is -0.134. The van der Waals surface area contributed by atoms with Crippen LogP contribution in [0.2, 0.25) is 0 Å². The Morgan fingerprint density at radius 2 is 1.69 bits per heavy atom. The summed E-state index contributed by atoms with van der Waals surface area (Å²) in [6.45, 7) is 5.38. The molecule has 1 heterocycles. The van der Waals surface area contributed by atoms with Crippen molar-refractivity contribution in [1.82, 2.24) is 15.1 Å². The molecule has 1 saturated heterocycles. The van der Waals surface area contributed by atoms with E-state index < -0.39 is 17.8 Å². The summed E-state index contributed by atoms with van der Waals surface area (Å²) in [6.07, 6.45) is -4.38. The topological polar surface area (TPSA) is 44.8 Å². The van der Waals surface area contributed by atoms with Gasteiger partial charge in [0.25, 0.3) is 0 Å². The summed E-state index contributed by atoms with van der Waals surface area (Å²) in [5.41, 5.74) is 0.951. The summed E-state index contributed by atoms with van der Waals surface area (Å²) < 4.78 is 44.4. The van der Waals surface area contributed by atoms with Crippen LogP contribution in [-0.2, 0) is 15.7 Å². The lowest BCUT2D eigenvalue weighted by Crippen LogP contribution is -2.46. The molecule has 0 bridgehead atoms. The number of hydrogen-bond acceptors (Lipinski definition) is 4. The van der Waals surface area contributed by atoms with Gasteiger partial charge in [-0.3, -0.25) is 14.6 Å². The maximum Gasteiger partial charge on any atom is 0.416 e. The van der Waals surface area contributed by atoms with Crippen LogP contribution >= 0.6 is 0 Å². The number of amides is 1. The Morgan fingerprint density at radius 1 is 1.06 bits per heavy atom. The average Bonchev–Trinajstić information content (AvgIpc) is 2.80. The second kappa shape index (κ2) is 10.9. The summed E-state index contributed by atoms with van der Waals surface area (Å²) in [7, 11) is 1.90. The van der Waals surface area contributed by atoms with Crippen LogP contribution in [0.4, 0.5) is 13.2 Å². The Kier molecular flexibility index (Phi) is 8.28. The lowest BCUT2D eigenvalue weighted by Gasteiger charge is -2.35. The molecule has 174 valence electrons. The molecule has 0 spiro atoms. The van der Waals surface area contributed by atoms with E-state index in [2.05, 4.69) is 10.2 Å². The van der Waals surface area contributed by atoms with Crippen molar-refractivity contribution in [3.05, 3.63) is 71.3 Å². The first-order chi connectivity index (χ1) is 15.3. The number of hydrogen-bond donors (Lipinski definition) is 1. The van der Waals surface area contributed by atoms with Crippen LogP contribution in [0.15, 0.2) is 54.6 Å². The first-order valence-electron chi connectivity index (χ1n) is 10.8. The van der Waals surface area contributed by atoms with Gasteiger partial charge in [0.1, 0.15) is 6.04 Å². The van der Waals surface area contributed by atoms with Crippen molar-refractivity contribution < 1.29 is 22.7 Å². The zero-order valence-corrected chi connectivity index (χ0v) is 18.4. The molecule has 1 aliphatic heterocycles. The molecule has 32 heavy (non-hydrogen) atoms. The van der Waals surface area contributed by atoms with E-state index in [9.17, 15) is 18.0 Å². The molecule has 0 radical (unpaired) electrons. The van der Waals surface area contributed by atoms with Crippen LogP contribution in [0.3, 0.4) is 0 Å². The molecule has 8 heteroatoms. The van der Waals surface area contributed by atoms with Crippen LogP contribution in [0.5, 0.6) is 0 Å². The average molecular weight is 450 g/mol. The quantitative estimate of drug-likeness (QED) is 0.664. The standard InChI is InChI=1S/C24H30F3N3O2/c1-3-29(2)22(19-7-5-4-6-8-19)23(31)28-17-21(30-13-15-32-16-14-30)18-9-11-20(12-10-18)24(25,26)27/h4-12,21-22H,3,13-17H2,1-2H3,(H,28,31). The summed E-state index contributed by atoms with van der Waals surface area (Å²) >= 11 is 0. The van der Waals surface area contributed by atoms with Gasteiger partial charge in [-0.1, -0.05) is 49.4 Å². The molecule has 2 atom stereocenters. The predicted molar refractivity (Wildman–Crippen MR) is 117 cm³/mol. The Hall–Kier alpha value is -2.42. The van der Waals surface area contributed by atoms with E-state index in [0.29, 0.717) is 39.4 Å². The smallest absolute Gasteiger partial charge is 0.379 e. The van der Waals surface area contributed by atoms with Gasteiger partial charge in [-0.15, -0.1) is 0 Å². The van der Waals surface area contributed by atoms with Crippen molar-refractivity contribution in [3.63, 3.8) is 0 Å². The fraction of sp³-hybridized carbons (Fsp3) is 0.458. The number of nitrogens with zero attached hydrogens (tertiary/aromatic N) is 2. The summed E-state index contributed by atoms with van der Waals surface area (Å²) in [4.78, 5) is 17.3. The first kappa shape index (κ1) is 24.2. The van der Waals surface area contributed by atoms with E-state index in [1.165, 1.54) is 12.1 Å². The molecule has 1 fully saturated rings. The Balaban J connectivity index is 1.79. The molecule has 1 amide bonds. The molecule has 2 unspecified atom stereocenters. The van der Waals surface area contributed by atoms with Gasteiger partial charge in [-0.2, -0.15) is 13.2 Å². The van der Waals surface area contributed by atoms with Gasteiger partial charge in [0.15, 0.2) is 0 Å². The second-order valence-corrected chi connectivity index (χ2v) is 7.92. The highest BCUT2D eigenvalue weighted by Gasteiger charge is 2.31. The Morgan fingerprint density at radius 3 is 2.25 bits per heavy atom. The van der Waals surface area contributed by atoms with E-state index in [0.717, 1.165) is 23.3 Å². The zero-order valence-electron chi connectivity index (χ0n) is 18.4. The number of ether oxygens (including phenoxy) is 1. The SMILES string of the molecule is CCN(C)C(C(=O)NCC(c1ccc(C(F)(F)F)cc1)N1CCOCC1)c1ccccc1. The molecule has 0 aliphatic carbocycles. The van der Waals surface area contributed by atoms with E-state index in [-0.39, 0.29) is 11.9 Å². The van der Waals surface area contributed by atoms with Crippen molar-refractivity contribution in [2.45, 2.75) is 25.2 Å². The van der Waals surface area contributed by atoms with Crippen LogP contribution in [0, 0.1) is 0 Å². The monoisotopic (exact) mass is 449 g/mol. The van der Waals surface area contributed by atoms with Gasteiger partial charge in [0.2, 0.25) is 5.91 Å². The minimum absolute atomic E-state index is 0.134. The van der Waals surface area contributed by atoms with Crippen LogP contribution in [-0.4, -0.2) is 62.1 Å². The number of morpholine rings is 1. The van der Waals surface area contributed by atoms with Gasteiger partial charge >= 0.3 is 6.18 Å². The summed E-state index contributed by atoms with van der Waals surface area (Å²) in [6, 6.07) is 14.1. The van der Waals surface area contributed by atoms with E-state index >= 15 is 0 Å². The second-order valence-electron chi connectivity index (χ2n) is 7.92. The number of nitrogens with one attached hydrogen (secondary N) is 1. The van der Waals surface area contributed by atoms with Crippen LogP contribution in [0.25, 0.3) is 0 Å². The van der Waals surface area contributed by atoms with Crippen LogP contribution < -0.4 is 5.32 Å². The van der Waals surface area contributed by atoms with E-state index in [1.807, 2.05) is 49.2 Å². The number of alkyl halides is 3. The summed E-state index contributed by atoms with van der Waals surface area (Å²) in [5, 5.41) is 3.05. The molecule has 1 aliphatic rings. The van der Waals surface area contributed by atoms with Crippen molar-refractivity contribution in [2.24, 2.45) is 0 Å². The fourth-order valence-electron chi connectivity index (χ4n) is 3.96. The van der Waals surface area contributed by atoms with E-state index in [4.69, 9.17) is 4.74 Å². The van der Waals surface area contributed by atoms with Gasteiger partial charge in [-0.05, 0) is 36.9 Å². The van der Waals surface area contributed by atoms with Crippen molar-refractivity contribution >= 4 is 5.91 Å². The Labute approximate surface area is 187 Å². The zero-order chi connectivity index (χ0) is 23.1. The van der Waals surface area contributed by atoms with Crippen LogP contribution in [0.1, 0.15) is 35.7 Å². The van der Waals surface area contributed by atoms with Crippen molar-refractivity contribution in [2.75, 3.05) is 46.4 Å². The highest BCUT2D eigenvalue weighted by atomic mass is 19.4. The number of likely N-dealkylation sites (N-methyl/N-ethyl adjacent to an activating group) is 1. The molecule has 2 aromatic carbocycles. The largest absolute Gasteiger partial charge is 0.416 e. The Bertz CT molecular complexity index is 853. The molecule has 2 aromatic rings. The highest BCUT2D eigenvalue weighted by Crippen LogP contribution is 2.31. The minimum atomic E-state index is -4.38. The van der Waals surface area contributed by atoms with Gasteiger partial charge < -0.3 is 10.1 Å². The molecule has 3 rings (SSSR count). The highest BCUT2D eigenvalue weighted by molar-refractivity contribution is 5.83. The third-order valence-electron chi connectivity index (χ3n) is 5.88. The van der Waals surface area contributed by atoms with Crippen molar-refractivity contribution in [1.29, 1.82) is 0 Å². The third kappa shape index (κ3) is 6.09. The normalized spacial score (nSPS) is 17.2. The van der Waals surface area contributed by atoms with Gasteiger partial charge in [0, 0.05) is 19.6 Å². The molecule has 5 nitrogen and oxygen atoms in total. The lowest BCUT2D eigenvalue weighted by molar-refractivity contribution is -0.137. The molecular weight excluding hydrogens is 419 g/mol. The molecule has 1 N–H and O–H groups in total. The maximum absolute atomic E-state index is 13.2. The number of carbonyl (C=O) groups excluding carboxylic acids is 1. The molecular formula is C24H30F3N3O2. The van der Waals surface area contributed by atoms with E-state index in [1.54, 1.807) is 0 Å². The van der Waals surface area contributed by atoms with Crippen molar-refractivity contribution in [3.8, 4) is 0 Å². The minimum Gasteiger partial charge on any atom is -0.379 e. The number of carbonyl (C=O) groups is 1.